The second-order valence-electron chi connectivity index (χ2n) is 7.49. The van der Waals surface area contributed by atoms with Gasteiger partial charge in [-0.3, -0.25) is 14.5 Å². The molecule has 0 spiro atoms. The first-order valence-electron chi connectivity index (χ1n) is 8.47. The summed E-state index contributed by atoms with van der Waals surface area (Å²) in [6.07, 6.45) is -0.444. The van der Waals surface area contributed by atoms with Crippen LogP contribution < -0.4 is 5.11 Å². The van der Waals surface area contributed by atoms with Gasteiger partial charge in [-0.25, -0.2) is 0 Å². The molecule has 0 radical (unpaired) electrons. The molecule has 0 saturated heterocycles. The predicted molar refractivity (Wildman–Crippen MR) is 94.4 cm³/mol. The summed E-state index contributed by atoms with van der Waals surface area (Å²) in [5.74, 6) is -2.26. The molecule has 26 heavy (non-hydrogen) atoms. The van der Waals surface area contributed by atoms with Gasteiger partial charge in [-0.05, 0) is 28.7 Å². The Morgan fingerprint density at radius 2 is 1.46 bits per heavy atom. The van der Waals surface area contributed by atoms with Gasteiger partial charge in [0.1, 0.15) is 0 Å². The number of imide groups is 1. The molecule has 3 rings (SSSR count). The number of fused-ring (bicyclic) bond motifs is 1. The minimum atomic E-state index is -1.31. The summed E-state index contributed by atoms with van der Waals surface area (Å²) in [6.45, 7) is 6.22. The Bertz CT molecular complexity index is 843. The van der Waals surface area contributed by atoms with E-state index in [2.05, 4.69) is 20.8 Å². The van der Waals surface area contributed by atoms with Gasteiger partial charge in [0.2, 0.25) is 0 Å². The summed E-state index contributed by atoms with van der Waals surface area (Å²) >= 11 is 0. The summed E-state index contributed by atoms with van der Waals surface area (Å²) in [6, 6.07) is 13.0. The van der Waals surface area contributed by atoms with Gasteiger partial charge in [-0.15, -0.1) is 0 Å². The fraction of sp³-hybridized carbons (Fsp3) is 0.286. The van der Waals surface area contributed by atoms with Gasteiger partial charge >= 0.3 is 0 Å². The number of nitrogens with zero attached hydrogens (tertiary/aromatic N) is 1. The van der Waals surface area contributed by atoms with Crippen LogP contribution in [0.3, 0.4) is 0 Å². The molecule has 1 atom stereocenters. The molecule has 1 aliphatic rings. The lowest BCUT2D eigenvalue weighted by atomic mass is 9.86. The second-order valence-corrected chi connectivity index (χ2v) is 7.49. The molecule has 0 aliphatic carbocycles. The van der Waals surface area contributed by atoms with Crippen LogP contribution in [0.4, 0.5) is 0 Å². The Kier molecular flexibility index (Phi) is 4.40. The molecule has 2 amide bonds. The van der Waals surface area contributed by atoms with Crippen molar-refractivity contribution in [2.24, 2.45) is 0 Å². The number of hydrogen-bond acceptors (Lipinski definition) is 4. The van der Waals surface area contributed by atoms with Crippen LogP contribution in [0.15, 0.2) is 48.5 Å². The van der Waals surface area contributed by atoms with Crippen molar-refractivity contribution in [3.05, 3.63) is 70.8 Å². The Hall–Kier alpha value is -2.95. The van der Waals surface area contributed by atoms with Crippen molar-refractivity contribution in [1.29, 1.82) is 0 Å². The van der Waals surface area contributed by atoms with E-state index in [4.69, 9.17) is 0 Å². The van der Waals surface area contributed by atoms with Crippen LogP contribution >= 0.6 is 0 Å². The van der Waals surface area contributed by atoms with Gasteiger partial charge in [0.05, 0.1) is 17.2 Å². The average molecular weight is 350 g/mol. The van der Waals surface area contributed by atoms with Crippen molar-refractivity contribution in [2.45, 2.75) is 38.6 Å². The predicted octanol–water partition coefficient (Wildman–Crippen LogP) is 2.46. The Balaban J connectivity index is 2.01. The van der Waals surface area contributed by atoms with Gasteiger partial charge in [-0.2, -0.15) is 0 Å². The topological polar surface area (TPSA) is 77.5 Å². The van der Waals surface area contributed by atoms with Crippen molar-refractivity contribution >= 4 is 17.8 Å². The number of amides is 2. The number of hydrogen-bond donors (Lipinski definition) is 0. The van der Waals surface area contributed by atoms with Gasteiger partial charge in [0.25, 0.3) is 11.8 Å². The molecule has 1 heterocycles. The highest BCUT2D eigenvalue weighted by atomic mass is 16.4. The van der Waals surface area contributed by atoms with E-state index in [9.17, 15) is 19.5 Å². The van der Waals surface area contributed by atoms with Crippen molar-refractivity contribution in [3.63, 3.8) is 0 Å². The molecule has 1 aliphatic heterocycles. The quantitative estimate of drug-likeness (QED) is 0.794. The number of benzene rings is 2. The summed E-state index contributed by atoms with van der Waals surface area (Å²) in [5.41, 5.74) is 2.21. The minimum Gasteiger partial charge on any atom is -0.550 e. The molecular weight excluding hydrogens is 330 g/mol. The zero-order chi connectivity index (χ0) is 19.1. The Morgan fingerprint density at radius 3 is 1.88 bits per heavy atom. The molecule has 0 N–H and O–H groups in total. The molecule has 2 aromatic rings. The highest BCUT2D eigenvalue weighted by Gasteiger charge is 2.40. The van der Waals surface area contributed by atoms with Crippen molar-refractivity contribution in [3.8, 4) is 0 Å². The molecule has 2 aromatic carbocycles. The highest BCUT2D eigenvalue weighted by Crippen LogP contribution is 2.34. The van der Waals surface area contributed by atoms with E-state index in [-0.39, 0.29) is 5.41 Å². The average Bonchev–Trinajstić information content (AvgIpc) is 2.84. The van der Waals surface area contributed by atoms with E-state index in [0.717, 1.165) is 10.5 Å². The number of rotatable bonds is 4. The fourth-order valence-electron chi connectivity index (χ4n) is 3.21. The highest BCUT2D eigenvalue weighted by molar-refractivity contribution is 6.21. The summed E-state index contributed by atoms with van der Waals surface area (Å²) in [5, 5.41) is 11.3. The van der Waals surface area contributed by atoms with Crippen LogP contribution in [-0.4, -0.2) is 22.7 Å². The Labute approximate surface area is 152 Å². The van der Waals surface area contributed by atoms with Gasteiger partial charge in [0, 0.05) is 12.4 Å². The van der Waals surface area contributed by atoms with Crippen molar-refractivity contribution in [1.82, 2.24) is 4.90 Å². The molecule has 0 fully saturated rings. The molecule has 5 nitrogen and oxygen atoms in total. The molecule has 0 bridgehead atoms. The van der Waals surface area contributed by atoms with Crippen LogP contribution in [0.5, 0.6) is 0 Å². The summed E-state index contributed by atoms with van der Waals surface area (Å²) < 4.78 is 0. The van der Waals surface area contributed by atoms with Crippen LogP contribution in [0.2, 0.25) is 0 Å². The van der Waals surface area contributed by atoms with Gasteiger partial charge < -0.3 is 9.90 Å². The van der Waals surface area contributed by atoms with Crippen LogP contribution in [0, 0.1) is 0 Å². The number of carboxylic acids is 1. The normalized spacial score (nSPS) is 15.1. The number of carboxylic acid groups (broad SMARTS) is 1. The smallest absolute Gasteiger partial charge is 0.262 e. The number of carbonyl (C=O) groups excluding carboxylic acids is 3. The third-order valence-corrected chi connectivity index (χ3v) is 4.66. The van der Waals surface area contributed by atoms with Crippen molar-refractivity contribution in [2.75, 3.05) is 0 Å². The van der Waals surface area contributed by atoms with E-state index in [0.29, 0.717) is 16.7 Å². The first-order valence-corrected chi connectivity index (χ1v) is 8.47. The molecule has 0 unspecified atom stereocenters. The van der Waals surface area contributed by atoms with E-state index in [1.54, 1.807) is 36.4 Å². The lowest BCUT2D eigenvalue weighted by molar-refractivity contribution is -0.306. The van der Waals surface area contributed by atoms with Gasteiger partial charge in [0.15, 0.2) is 0 Å². The van der Waals surface area contributed by atoms with Crippen LogP contribution in [-0.2, 0) is 10.2 Å². The van der Waals surface area contributed by atoms with Crippen LogP contribution in [0.1, 0.15) is 65.1 Å². The fourth-order valence-corrected chi connectivity index (χ4v) is 3.21. The molecule has 5 heteroatoms. The van der Waals surface area contributed by atoms with Gasteiger partial charge in [-0.1, -0.05) is 57.2 Å². The molecular formula is C21H20NO4-. The maximum absolute atomic E-state index is 12.7. The molecule has 134 valence electrons. The zero-order valence-corrected chi connectivity index (χ0v) is 15.0. The summed E-state index contributed by atoms with van der Waals surface area (Å²) in [4.78, 5) is 37.8. The Morgan fingerprint density at radius 1 is 0.962 bits per heavy atom. The minimum absolute atomic E-state index is 0.0576. The zero-order valence-electron chi connectivity index (χ0n) is 15.0. The van der Waals surface area contributed by atoms with Crippen molar-refractivity contribution < 1.29 is 19.5 Å². The molecule has 0 aromatic heterocycles. The summed E-state index contributed by atoms with van der Waals surface area (Å²) in [7, 11) is 0. The number of aliphatic carboxylic acids is 1. The van der Waals surface area contributed by atoms with E-state index >= 15 is 0 Å². The maximum atomic E-state index is 12.7. The lowest BCUT2D eigenvalue weighted by Gasteiger charge is -2.28. The van der Waals surface area contributed by atoms with Crippen LogP contribution in [0.25, 0.3) is 0 Å². The third kappa shape index (κ3) is 3.12. The largest absolute Gasteiger partial charge is 0.550 e. The first-order chi connectivity index (χ1) is 12.2. The lowest BCUT2D eigenvalue weighted by Crippen LogP contribution is -2.38. The SMILES string of the molecule is CC(C)(C)c1ccc([C@@H](CC(=O)[O-])N2C(=O)c3ccccc3C2=O)cc1. The number of carbonyl (C=O) groups is 3. The standard InChI is InChI=1S/C21H21NO4/c1-21(2,3)14-10-8-13(9-11-14)17(12-18(23)24)22-19(25)15-6-4-5-7-16(15)20(22)26/h4-11,17H,12H2,1-3H3,(H,23,24)/p-1/t17-/m1/s1. The van der Waals surface area contributed by atoms with E-state index in [1.165, 1.54) is 0 Å². The monoisotopic (exact) mass is 350 g/mol. The second kappa shape index (κ2) is 6.41. The third-order valence-electron chi connectivity index (χ3n) is 4.66. The van der Waals surface area contributed by atoms with E-state index < -0.39 is 30.2 Å². The maximum Gasteiger partial charge on any atom is 0.262 e. The molecule has 0 saturated carbocycles. The van der Waals surface area contributed by atoms with E-state index in [1.807, 2.05) is 12.1 Å². The first kappa shape index (κ1) is 17.9.